The quantitative estimate of drug-likeness (QED) is 0.898. The molecular weight excluding hydrogens is 285 g/mol. The summed E-state index contributed by atoms with van der Waals surface area (Å²) in [5.74, 6) is -1.90. The largest absolute Gasteiger partial charge is 0.481 e. The molecule has 0 aliphatic heterocycles. The van der Waals surface area contributed by atoms with Crippen molar-refractivity contribution in [1.29, 1.82) is 0 Å². The van der Waals surface area contributed by atoms with Gasteiger partial charge in [-0.05, 0) is 31.0 Å². The van der Waals surface area contributed by atoms with Crippen molar-refractivity contribution in [3.63, 3.8) is 0 Å². The van der Waals surface area contributed by atoms with E-state index in [1.54, 1.807) is 0 Å². The first kappa shape index (κ1) is 14.8. The molecule has 1 saturated carbocycles. The molecule has 20 heavy (non-hydrogen) atoms. The molecular formula is C14H15ClFNO3. The van der Waals surface area contributed by atoms with Crippen LogP contribution < -0.4 is 5.32 Å². The summed E-state index contributed by atoms with van der Waals surface area (Å²) in [5, 5.41) is 11.9. The average Bonchev–Trinajstić information content (AvgIpc) is 2.86. The van der Waals surface area contributed by atoms with Gasteiger partial charge >= 0.3 is 5.97 Å². The van der Waals surface area contributed by atoms with E-state index in [0.717, 1.165) is 25.0 Å². The van der Waals surface area contributed by atoms with E-state index in [1.165, 1.54) is 6.07 Å². The number of aliphatic carboxylic acids is 1. The lowest BCUT2D eigenvalue weighted by Crippen LogP contribution is -2.41. The van der Waals surface area contributed by atoms with E-state index < -0.39 is 23.1 Å². The third-order valence-electron chi connectivity index (χ3n) is 3.78. The Morgan fingerprint density at radius 1 is 1.35 bits per heavy atom. The van der Waals surface area contributed by atoms with Crippen LogP contribution in [0.4, 0.5) is 4.39 Å². The average molecular weight is 300 g/mol. The minimum Gasteiger partial charge on any atom is -0.481 e. The normalized spacial score (nSPS) is 16.9. The molecule has 0 aromatic heterocycles. The van der Waals surface area contributed by atoms with E-state index in [-0.39, 0.29) is 17.1 Å². The summed E-state index contributed by atoms with van der Waals surface area (Å²) in [6, 6.07) is 3.48. The van der Waals surface area contributed by atoms with Gasteiger partial charge in [0.05, 0.1) is 16.0 Å². The molecule has 1 fully saturated rings. The second kappa shape index (κ2) is 5.79. The number of halogens is 2. The first-order valence-electron chi connectivity index (χ1n) is 6.41. The summed E-state index contributed by atoms with van der Waals surface area (Å²) in [7, 11) is 0. The van der Waals surface area contributed by atoms with E-state index >= 15 is 0 Å². The monoisotopic (exact) mass is 299 g/mol. The molecule has 2 rings (SSSR count). The zero-order chi connectivity index (χ0) is 14.8. The first-order valence-corrected chi connectivity index (χ1v) is 6.79. The number of carboxylic acid groups (broad SMARTS) is 1. The number of rotatable bonds is 4. The van der Waals surface area contributed by atoms with E-state index in [2.05, 4.69) is 5.32 Å². The molecule has 0 spiro atoms. The van der Waals surface area contributed by atoms with Gasteiger partial charge in [-0.2, -0.15) is 0 Å². The molecule has 1 aliphatic carbocycles. The maximum Gasteiger partial charge on any atom is 0.311 e. The summed E-state index contributed by atoms with van der Waals surface area (Å²) < 4.78 is 12.9. The highest BCUT2D eigenvalue weighted by Gasteiger charge is 2.41. The van der Waals surface area contributed by atoms with Crippen molar-refractivity contribution >= 4 is 23.5 Å². The van der Waals surface area contributed by atoms with Crippen molar-refractivity contribution in [3.8, 4) is 0 Å². The molecule has 0 atom stereocenters. The van der Waals surface area contributed by atoms with E-state index in [1.807, 2.05) is 0 Å². The van der Waals surface area contributed by atoms with E-state index in [9.17, 15) is 19.1 Å². The van der Waals surface area contributed by atoms with Gasteiger partial charge in [-0.25, -0.2) is 4.39 Å². The highest BCUT2D eigenvalue weighted by atomic mass is 35.5. The lowest BCUT2D eigenvalue weighted by atomic mass is 9.86. The fourth-order valence-corrected chi connectivity index (χ4v) is 2.79. The Morgan fingerprint density at radius 2 is 2.00 bits per heavy atom. The smallest absolute Gasteiger partial charge is 0.311 e. The molecule has 0 radical (unpaired) electrons. The number of carbonyl (C=O) groups is 2. The van der Waals surface area contributed by atoms with Crippen LogP contribution in [0.25, 0.3) is 0 Å². The van der Waals surface area contributed by atoms with Gasteiger partial charge in [-0.15, -0.1) is 0 Å². The molecule has 6 heteroatoms. The van der Waals surface area contributed by atoms with Crippen molar-refractivity contribution in [2.75, 3.05) is 6.54 Å². The van der Waals surface area contributed by atoms with Gasteiger partial charge in [0.25, 0.3) is 5.91 Å². The molecule has 4 nitrogen and oxygen atoms in total. The Hall–Kier alpha value is -1.62. The van der Waals surface area contributed by atoms with Gasteiger partial charge in [0, 0.05) is 6.54 Å². The number of amides is 1. The van der Waals surface area contributed by atoms with Gasteiger partial charge in [0.1, 0.15) is 5.82 Å². The van der Waals surface area contributed by atoms with Crippen LogP contribution in [0, 0.1) is 11.2 Å². The van der Waals surface area contributed by atoms with Gasteiger partial charge in [-0.3, -0.25) is 9.59 Å². The number of hydrogen-bond donors (Lipinski definition) is 2. The molecule has 0 unspecified atom stereocenters. The van der Waals surface area contributed by atoms with E-state index in [0.29, 0.717) is 12.8 Å². The van der Waals surface area contributed by atoms with Crippen LogP contribution in [0.3, 0.4) is 0 Å². The van der Waals surface area contributed by atoms with Crippen LogP contribution in [0.5, 0.6) is 0 Å². The Kier molecular flexibility index (Phi) is 4.28. The zero-order valence-electron chi connectivity index (χ0n) is 10.8. The van der Waals surface area contributed by atoms with Crippen molar-refractivity contribution in [2.24, 2.45) is 5.41 Å². The van der Waals surface area contributed by atoms with Crippen LogP contribution in [0.1, 0.15) is 36.0 Å². The van der Waals surface area contributed by atoms with Gasteiger partial charge in [0.2, 0.25) is 0 Å². The van der Waals surface area contributed by atoms with Crippen LogP contribution in [-0.4, -0.2) is 23.5 Å². The molecule has 0 saturated heterocycles. The third-order valence-corrected chi connectivity index (χ3v) is 4.09. The van der Waals surface area contributed by atoms with Gasteiger partial charge in [-0.1, -0.05) is 24.4 Å². The number of carbonyl (C=O) groups excluding carboxylic acids is 1. The van der Waals surface area contributed by atoms with Crippen molar-refractivity contribution in [2.45, 2.75) is 25.7 Å². The fourth-order valence-electron chi connectivity index (χ4n) is 2.54. The highest BCUT2D eigenvalue weighted by Crippen LogP contribution is 2.37. The summed E-state index contributed by atoms with van der Waals surface area (Å²) >= 11 is 5.80. The Bertz CT molecular complexity index is 541. The predicted octanol–water partition coefficient (Wildman–Crippen LogP) is 2.85. The van der Waals surface area contributed by atoms with Crippen molar-refractivity contribution in [3.05, 3.63) is 34.6 Å². The molecule has 1 aromatic carbocycles. The van der Waals surface area contributed by atoms with Gasteiger partial charge in [0.15, 0.2) is 0 Å². The summed E-state index contributed by atoms with van der Waals surface area (Å²) in [6.45, 7) is 0.0644. The maximum absolute atomic E-state index is 12.9. The highest BCUT2D eigenvalue weighted by molar-refractivity contribution is 6.33. The molecule has 0 heterocycles. The Morgan fingerprint density at radius 3 is 2.55 bits per heavy atom. The number of carboxylic acids is 1. The number of nitrogens with one attached hydrogen (secondary N) is 1. The molecule has 1 aliphatic rings. The SMILES string of the molecule is O=C(NCC1(C(=O)O)CCCC1)c1ccc(F)cc1Cl. The minimum atomic E-state index is -0.888. The molecule has 108 valence electrons. The second-order valence-corrected chi connectivity index (χ2v) is 5.51. The number of benzene rings is 1. The zero-order valence-corrected chi connectivity index (χ0v) is 11.5. The number of hydrogen-bond acceptors (Lipinski definition) is 2. The van der Waals surface area contributed by atoms with E-state index in [4.69, 9.17) is 11.6 Å². The topological polar surface area (TPSA) is 66.4 Å². The van der Waals surface area contributed by atoms with Crippen molar-refractivity contribution in [1.82, 2.24) is 5.32 Å². The summed E-state index contributed by atoms with van der Waals surface area (Å²) in [5.41, 5.74) is -0.742. The molecule has 0 bridgehead atoms. The molecule has 1 aromatic rings. The summed E-state index contributed by atoms with van der Waals surface area (Å²) in [6.07, 6.45) is 2.80. The molecule has 1 amide bonds. The lowest BCUT2D eigenvalue weighted by molar-refractivity contribution is -0.148. The maximum atomic E-state index is 12.9. The Balaban J connectivity index is 2.06. The third kappa shape index (κ3) is 2.93. The first-order chi connectivity index (χ1) is 9.44. The Labute approximate surface area is 120 Å². The predicted molar refractivity (Wildman–Crippen MR) is 72.3 cm³/mol. The molecule has 2 N–H and O–H groups in total. The lowest BCUT2D eigenvalue weighted by Gasteiger charge is -2.24. The van der Waals surface area contributed by atoms with Crippen LogP contribution in [0.15, 0.2) is 18.2 Å². The summed E-state index contributed by atoms with van der Waals surface area (Å²) in [4.78, 5) is 23.3. The van der Waals surface area contributed by atoms with Gasteiger partial charge < -0.3 is 10.4 Å². The van der Waals surface area contributed by atoms with Crippen molar-refractivity contribution < 1.29 is 19.1 Å². The minimum absolute atomic E-state index is 0.0123. The standard InChI is InChI=1S/C14H15ClFNO3/c15-11-7-9(16)3-4-10(11)12(18)17-8-14(13(19)20)5-1-2-6-14/h3-4,7H,1-2,5-6,8H2,(H,17,18)(H,19,20). The second-order valence-electron chi connectivity index (χ2n) is 5.10. The van der Waals surface area contributed by atoms with Crippen LogP contribution in [-0.2, 0) is 4.79 Å². The van der Waals surface area contributed by atoms with Crippen LogP contribution in [0.2, 0.25) is 5.02 Å². The fraction of sp³-hybridized carbons (Fsp3) is 0.429. The van der Waals surface area contributed by atoms with Crippen LogP contribution >= 0.6 is 11.6 Å².